The maximum Gasteiger partial charge on any atom is 0.185 e. The summed E-state index contributed by atoms with van der Waals surface area (Å²) in [5.41, 5.74) is 0. The fourth-order valence-electron chi connectivity index (χ4n) is 1.21. The third-order valence-electron chi connectivity index (χ3n) is 1.89. The van der Waals surface area contributed by atoms with E-state index in [1.165, 1.54) is 25.0 Å². The summed E-state index contributed by atoms with van der Waals surface area (Å²) < 4.78 is 0. The van der Waals surface area contributed by atoms with Crippen LogP contribution >= 0.6 is 34.2 Å². The minimum atomic E-state index is 0.0310. The van der Waals surface area contributed by atoms with Crippen LogP contribution in [0.5, 0.6) is 0 Å². The Morgan fingerprint density at radius 3 is 2.92 bits per heavy atom. The summed E-state index contributed by atoms with van der Waals surface area (Å²) in [6.07, 6.45) is 5.48. The van der Waals surface area contributed by atoms with Gasteiger partial charge in [-0.25, -0.2) is 0 Å². The molecule has 1 saturated heterocycles. The molecule has 12 heavy (non-hydrogen) atoms. The molecule has 0 aromatic carbocycles. The molecule has 1 aliphatic rings. The summed E-state index contributed by atoms with van der Waals surface area (Å²) in [5, 5.41) is 0.883. The van der Waals surface area contributed by atoms with E-state index in [9.17, 15) is 4.79 Å². The molecule has 70 valence electrons. The van der Waals surface area contributed by atoms with Gasteiger partial charge in [0.2, 0.25) is 0 Å². The summed E-state index contributed by atoms with van der Waals surface area (Å²) in [5.74, 6) is 1.31. The fourth-order valence-corrected chi connectivity index (χ4v) is 4.40. The molecule has 1 atom stereocenters. The van der Waals surface area contributed by atoms with E-state index in [0.29, 0.717) is 6.42 Å². The average molecular weight is 222 g/mol. The second kappa shape index (κ2) is 6.22. The van der Waals surface area contributed by atoms with Crippen molar-refractivity contribution < 1.29 is 4.79 Å². The van der Waals surface area contributed by atoms with Crippen molar-refractivity contribution in [1.29, 1.82) is 0 Å². The van der Waals surface area contributed by atoms with Crippen LogP contribution in [0.15, 0.2) is 0 Å². The Morgan fingerprint density at radius 1 is 1.50 bits per heavy atom. The van der Waals surface area contributed by atoms with Gasteiger partial charge < -0.3 is 0 Å². The van der Waals surface area contributed by atoms with Crippen molar-refractivity contribution in [2.24, 2.45) is 0 Å². The van der Waals surface area contributed by atoms with Gasteiger partial charge in [0.05, 0.1) is 0 Å². The number of hydrogen-bond donors (Lipinski definition) is 1. The summed E-state index contributed by atoms with van der Waals surface area (Å²) in [6, 6.07) is 0. The van der Waals surface area contributed by atoms with Gasteiger partial charge in [0, 0.05) is 17.4 Å². The van der Waals surface area contributed by atoms with E-state index in [1.807, 2.05) is 21.6 Å². The highest BCUT2D eigenvalue weighted by Gasteiger charge is 2.15. The molecule has 0 saturated carbocycles. The van der Waals surface area contributed by atoms with Crippen LogP contribution in [0, 0.1) is 0 Å². The molecular formula is C8H14OS3. The summed E-state index contributed by atoms with van der Waals surface area (Å²) in [7, 11) is 4.00. The summed E-state index contributed by atoms with van der Waals surface area (Å²) in [6.45, 7) is 0. The first-order chi connectivity index (χ1) is 5.79. The van der Waals surface area contributed by atoms with Gasteiger partial charge in [-0.2, -0.15) is 0 Å². The lowest BCUT2D eigenvalue weighted by Gasteiger charge is -2.05. The van der Waals surface area contributed by atoms with E-state index in [0.717, 1.165) is 11.7 Å². The molecule has 1 fully saturated rings. The number of carbonyl (C=O) groups is 1. The predicted molar refractivity (Wildman–Crippen MR) is 60.9 cm³/mol. The second-order valence-electron chi connectivity index (χ2n) is 2.97. The highest BCUT2D eigenvalue weighted by molar-refractivity contribution is 8.77. The van der Waals surface area contributed by atoms with Crippen molar-refractivity contribution in [1.82, 2.24) is 0 Å². The number of rotatable bonds is 5. The molecule has 1 rings (SSSR count). The van der Waals surface area contributed by atoms with Crippen LogP contribution in [0.25, 0.3) is 0 Å². The molecule has 1 aliphatic heterocycles. The molecule has 0 bridgehead atoms. The van der Waals surface area contributed by atoms with E-state index >= 15 is 0 Å². The van der Waals surface area contributed by atoms with E-state index in [2.05, 4.69) is 12.6 Å². The average Bonchev–Trinajstić information content (AvgIpc) is 2.49. The molecule has 0 spiro atoms. The third kappa shape index (κ3) is 4.67. The normalized spacial score (nSPS) is 22.9. The Kier molecular flexibility index (Phi) is 5.59. The predicted octanol–water partition coefficient (Wildman–Crippen LogP) is 3.16. The molecule has 0 amide bonds. The van der Waals surface area contributed by atoms with Gasteiger partial charge in [-0.3, -0.25) is 4.79 Å². The van der Waals surface area contributed by atoms with Crippen LogP contribution in [0.4, 0.5) is 0 Å². The Labute approximate surface area is 87.3 Å². The third-order valence-corrected chi connectivity index (χ3v) is 5.12. The largest absolute Gasteiger partial charge is 0.288 e. The van der Waals surface area contributed by atoms with Gasteiger partial charge in [0.25, 0.3) is 0 Å². The monoisotopic (exact) mass is 222 g/mol. The molecule has 0 aromatic heterocycles. The van der Waals surface area contributed by atoms with E-state index in [1.54, 1.807) is 0 Å². The van der Waals surface area contributed by atoms with Crippen molar-refractivity contribution in [3.63, 3.8) is 0 Å². The van der Waals surface area contributed by atoms with Gasteiger partial charge in [-0.05, 0) is 19.3 Å². The molecule has 0 radical (unpaired) electrons. The molecule has 4 heteroatoms. The van der Waals surface area contributed by atoms with Crippen molar-refractivity contribution >= 4 is 39.3 Å². The zero-order chi connectivity index (χ0) is 8.81. The van der Waals surface area contributed by atoms with Crippen LogP contribution in [0.3, 0.4) is 0 Å². The van der Waals surface area contributed by atoms with Crippen molar-refractivity contribution in [3.8, 4) is 0 Å². The number of thiol groups is 1. The SMILES string of the molecule is O=C(S)CCCC[C@@H]1CCSS1. The highest BCUT2D eigenvalue weighted by atomic mass is 33.1. The lowest BCUT2D eigenvalue weighted by Crippen LogP contribution is -1.97. The van der Waals surface area contributed by atoms with Gasteiger partial charge in [0.1, 0.15) is 0 Å². The number of carbonyl (C=O) groups excluding carboxylic acids is 1. The quantitative estimate of drug-likeness (QED) is 0.437. The lowest BCUT2D eigenvalue weighted by molar-refractivity contribution is -0.110. The van der Waals surface area contributed by atoms with Crippen molar-refractivity contribution in [3.05, 3.63) is 0 Å². The summed E-state index contributed by atoms with van der Waals surface area (Å²) in [4.78, 5) is 10.5. The highest BCUT2D eigenvalue weighted by Crippen LogP contribution is 2.39. The molecule has 0 aliphatic carbocycles. The first-order valence-electron chi connectivity index (χ1n) is 4.29. The minimum absolute atomic E-state index is 0.0310. The Morgan fingerprint density at radius 2 is 2.33 bits per heavy atom. The smallest absolute Gasteiger partial charge is 0.185 e. The Hall–Kier alpha value is 0.720. The van der Waals surface area contributed by atoms with Gasteiger partial charge in [0.15, 0.2) is 5.12 Å². The molecular weight excluding hydrogens is 208 g/mol. The maximum atomic E-state index is 10.5. The van der Waals surface area contributed by atoms with Gasteiger partial charge in [-0.1, -0.05) is 28.0 Å². The minimum Gasteiger partial charge on any atom is -0.288 e. The molecule has 0 aromatic rings. The Balaban J connectivity index is 1.91. The maximum absolute atomic E-state index is 10.5. The van der Waals surface area contributed by atoms with Crippen LogP contribution in [0.1, 0.15) is 32.1 Å². The van der Waals surface area contributed by atoms with Gasteiger partial charge >= 0.3 is 0 Å². The first kappa shape index (κ1) is 10.8. The van der Waals surface area contributed by atoms with Crippen molar-refractivity contribution in [2.45, 2.75) is 37.4 Å². The van der Waals surface area contributed by atoms with Crippen LogP contribution in [-0.2, 0) is 4.79 Å². The Bertz CT molecular complexity index is 143. The summed E-state index contributed by atoms with van der Waals surface area (Å²) >= 11 is 3.73. The second-order valence-corrected chi connectivity index (χ2v) is 6.25. The lowest BCUT2D eigenvalue weighted by atomic mass is 10.1. The zero-order valence-electron chi connectivity index (χ0n) is 6.99. The molecule has 0 unspecified atom stereocenters. The number of unbranched alkanes of at least 4 members (excludes halogenated alkanes) is 1. The first-order valence-corrected chi connectivity index (χ1v) is 7.12. The topological polar surface area (TPSA) is 17.1 Å². The van der Waals surface area contributed by atoms with Crippen LogP contribution < -0.4 is 0 Å². The molecule has 0 N–H and O–H groups in total. The van der Waals surface area contributed by atoms with E-state index < -0.39 is 0 Å². The van der Waals surface area contributed by atoms with Crippen molar-refractivity contribution in [2.75, 3.05) is 5.75 Å². The van der Waals surface area contributed by atoms with Gasteiger partial charge in [-0.15, -0.1) is 12.6 Å². The van der Waals surface area contributed by atoms with E-state index in [4.69, 9.17) is 0 Å². The molecule has 1 nitrogen and oxygen atoms in total. The number of hydrogen-bond acceptors (Lipinski definition) is 3. The molecule has 1 heterocycles. The van der Waals surface area contributed by atoms with Crippen LogP contribution in [-0.4, -0.2) is 16.1 Å². The van der Waals surface area contributed by atoms with E-state index in [-0.39, 0.29) is 5.12 Å². The van der Waals surface area contributed by atoms with Crippen LogP contribution in [0.2, 0.25) is 0 Å². The standard InChI is InChI=1S/C8H14OS3/c9-8(10)4-2-1-3-7-5-6-11-12-7/h7H,1-6H2,(H,9,10)/t7-/m1/s1. The fraction of sp³-hybridized carbons (Fsp3) is 0.875. The zero-order valence-corrected chi connectivity index (χ0v) is 9.52.